The van der Waals surface area contributed by atoms with Gasteiger partial charge in [0.1, 0.15) is 0 Å². The molecule has 7 nitrogen and oxygen atoms in total. The number of H-pyrrole nitrogens is 1. The van der Waals surface area contributed by atoms with E-state index in [0.29, 0.717) is 11.4 Å². The van der Waals surface area contributed by atoms with Crippen molar-refractivity contribution < 1.29 is 17.7 Å². The molecule has 0 spiro atoms. The van der Waals surface area contributed by atoms with Crippen LogP contribution >= 0.6 is 0 Å². The van der Waals surface area contributed by atoms with Crippen molar-refractivity contribution >= 4 is 11.5 Å². The zero-order valence-electron chi connectivity index (χ0n) is 12.2. The van der Waals surface area contributed by atoms with E-state index in [4.69, 9.17) is 0 Å². The van der Waals surface area contributed by atoms with Crippen LogP contribution in [0.2, 0.25) is 0 Å². The van der Waals surface area contributed by atoms with Crippen LogP contribution in [0.3, 0.4) is 0 Å². The standard InChI is InChI=1S/C14H10F3N5O2/c1-7-6-18-10(12-21-13(23)24-22-12)11(19-7)20-9-4-2-8(3-5-9)14(15,16)17/h2-6H,1H3,(H,19,20)(H,21,22,23). The van der Waals surface area contributed by atoms with Gasteiger partial charge in [-0.2, -0.15) is 13.2 Å². The van der Waals surface area contributed by atoms with Crippen molar-refractivity contribution in [2.24, 2.45) is 0 Å². The van der Waals surface area contributed by atoms with E-state index < -0.39 is 17.5 Å². The number of aromatic nitrogens is 4. The molecule has 0 radical (unpaired) electrons. The normalized spacial score (nSPS) is 11.5. The summed E-state index contributed by atoms with van der Waals surface area (Å²) in [4.78, 5) is 21.8. The Morgan fingerprint density at radius 3 is 2.50 bits per heavy atom. The minimum absolute atomic E-state index is 0.0573. The number of anilines is 2. The van der Waals surface area contributed by atoms with Crippen molar-refractivity contribution in [1.29, 1.82) is 0 Å². The van der Waals surface area contributed by atoms with Gasteiger partial charge in [0.05, 0.1) is 11.3 Å². The van der Waals surface area contributed by atoms with Crippen LogP contribution in [0.5, 0.6) is 0 Å². The molecule has 3 rings (SSSR count). The maximum Gasteiger partial charge on any atom is 0.439 e. The molecule has 0 aliphatic heterocycles. The zero-order chi connectivity index (χ0) is 17.3. The molecule has 24 heavy (non-hydrogen) atoms. The van der Waals surface area contributed by atoms with Crippen LogP contribution in [0, 0.1) is 6.92 Å². The van der Waals surface area contributed by atoms with Crippen molar-refractivity contribution in [3.8, 4) is 11.5 Å². The molecule has 0 amide bonds. The molecule has 2 aromatic heterocycles. The van der Waals surface area contributed by atoms with Gasteiger partial charge in [-0.15, -0.1) is 0 Å². The number of hydrogen-bond donors (Lipinski definition) is 2. The van der Waals surface area contributed by atoms with Gasteiger partial charge in [0.15, 0.2) is 11.5 Å². The van der Waals surface area contributed by atoms with E-state index in [1.54, 1.807) is 6.92 Å². The molecule has 0 aliphatic carbocycles. The van der Waals surface area contributed by atoms with E-state index >= 15 is 0 Å². The summed E-state index contributed by atoms with van der Waals surface area (Å²) in [6, 6.07) is 4.43. The summed E-state index contributed by atoms with van der Waals surface area (Å²) in [6.07, 6.45) is -2.95. The number of rotatable bonds is 3. The molecule has 0 aliphatic rings. The molecule has 0 saturated heterocycles. The van der Waals surface area contributed by atoms with E-state index in [-0.39, 0.29) is 17.3 Å². The summed E-state index contributed by atoms with van der Waals surface area (Å²) in [5.41, 5.74) is 0.379. The van der Waals surface area contributed by atoms with Crippen molar-refractivity contribution in [3.05, 3.63) is 52.3 Å². The topological polar surface area (TPSA) is 96.7 Å². The van der Waals surface area contributed by atoms with E-state index in [2.05, 4.69) is 29.9 Å². The number of nitrogens with zero attached hydrogens (tertiary/aromatic N) is 3. The lowest BCUT2D eigenvalue weighted by Gasteiger charge is -2.11. The van der Waals surface area contributed by atoms with Crippen LogP contribution in [-0.4, -0.2) is 20.1 Å². The van der Waals surface area contributed by atoms with Gasteiger partial charge in [0.25, 0.3) is 0 Å². The van der Waals surface area contributed by atoms with Gasteiger partial charge in [0, 0.05) is 11.9 Å². The molecule has 0 unspecified atom stereocenters. The predicted molar refractivity (Wildman–Crippen MR) is 77.6 cm³/mol. The van der Waals surface area contributed by atoms with Crippen LogP contribution in [0.25, 0.3) is 11.5 Å². The van der Waals surface area contributed by atoms with Crippen molar-refractivity contribution in [2.45, 2.75) is 13.1 Å². The fourth-order valence-corrected chi connectivity index (χ4v) is 1.95. The highest BCUT2D eigenvalue weighted by atomic mass is 19.4. The number of aromatic amines is 1. The second kappa shape index (κ2) is 5.80. The van der Waals surface area contributed by atoms with Crippen molar-refractivity contribution in [1.82, 2.24) is 20.1 Å². The largest absolute Gasteiger partial charge is 0.439 e. The second-order valence-electron chi connectivity index (χ2n) is 4.85. The van der Waals surface area contributed by atoms with E-state index in [1.807, 2.05) is 0 Å². The average Bonchev–Trinajstić information content (AvgIpc) is 2.93. The predicted octanol–water partition coefficient (Wildman–Crippen LogP) is 2.89. The third-order valence-electron chi connectivity index (χ3n) is 3.03. The summed E-state index contributed by atoms with van der Waals surface area (Å²) in [6.45, 7) is 1.69. The maximum absolute atomic E-state index is 12.6. The molecule has 1 aromatic carbocycles. The average molecular weight is 337 g/mol. The van der Waals surface area contributed by atoms with E-state index in [1.165, 1.54) is 18.3 Å². The Labute approximate surface area is 132 Å². The van der Waals surface area contributed by atoms with Gasteiger partial charge >= 0.3 is 11.9 Å². The van der Waals surface area contributed by atoms with Gasteiger partial charge in [-0.3, -0.25) is 9.51 Å². The Morgan fingerprint density at radius 1 is 1.21 bits per heavy atom. The van der Waals surface area contributed by atoms with E-state index in [0.717, 1.165) is 12.1 Å². The zero-order valence-corrected chi connectivity index (χ0v) is 12.2. The molecule has 124 valence electrons. The number of hydrogen-bond acceptors (Lipinski definition) is 6. The van der Waals surface area contributed by atoms with Gasteiger partial charge in [0.2, 0.25) is 5.82 Å². The minimum atomic E-state index is -4.41. The quantitative estimate of drug-likeness (QED) is 0.763. The summed E-state index contributed by atoms with van der Waals surface area (Å²) < 4.78 is 42.2. The number of halogens is 3. The SMILES string of the molecule is Cc1cnc(-c2noc(=O)[nH]2)c(Nc2ccc(C(F)(F)F)cc2)n1. The van der Waals surface area contributed by atoms with Gasteiger partial charge in [-0.25, -0.2) is 14.8 Å². The smallest absolute Gasteiger partial charge is 0.338 e. The van der Waals surface area contributed by atoms with Gasteiger partial charge < -0.3 is 5.32 Å². The van der Waals surface area contributed by atoms with E-state index in [9.17, 15) is 18.0 Å². The minimum Gasteiger partial charge on any atom is -0.338 e. The summed E-state index contributed by atoms with van der Waals surface area (Å²) in [5.74, 6) is -0.478. The molecule has 3 aromatic rings. The first-order valence-electron chi connectivity index (χ1n) is 6.67. The van der Waals surface area contributed by atoms with Crippen LogP contribution in [-0.2, 0) is 6.18 Å². The second-order valence-corrected chi connectivity index (χ2v) is 4.85. The van der Waals surface area contributed by atoms with Crippen LogP contribution in [0.15, 0.2) is 39.8 Å². The molecule has 0 saturated carbocycles. The molecular formula is C14H10F3N5O2. The van der Waals surface area contributed by atoms with Gasteiger partial charge in [-0.1, -0.05) is 5.16 Å². The first-order chi connectivity index (χ1) is 11.3. The summed E-state index contributed by atoms with van der Waals surface area (Å²) in [5, 5.41) is 6.39. The van der Waals surface area contributed by atoms with Crippen LogP contribution in [0.1, 0.15) is 11.3 Å². The van der Waals surface area contributed by atoms with Crippen LogP contribution in [0.4, 0.5) is 24.7 Å². The Balaban J connectivity index is 1.95. The Hall–Kier alpha value is -3.17. The lowest BCUT2D eigenvalue weighted by Crippen LogP contribution is -2.05. The monoisotopic (exact) mass is 337 g/mol. The Morgan fingerprint density at radius 2 is 1.92 bits per heavy atom. The molecule has 10 heteroatoms. The lowest BCUT2D eigenvalue weighted by molar-refractivity contribution is -0.137. The summed E-state index contributed by atoms with van der Waals surface area (Å²) >= 11 is 0. The molecule has 0 bridgehead atoms. The highest BCUT2D eigenvalue weighted by molar-refractivity contribution is 5.70. The lowest BCUT2D eigenvalue weighted by atomic mass is 10.2. The molecule has 0 fully saturated rings. The van der Waals surface area contributed by atoms with Crippen molar-refractivity contribution in [2.75, 3.05) is 5.32 Å². The number of alkyl halides is 3. The fraction of sp³-hybridized carbons (Fsp3) is 0.143. The van der Waals surface area contributed by atoms with Crippen molar-refractivity contribution in [3.63, 3.8) is 0 Å². The van der Waals surface area contributed by atoms with Crippen LogP contribution < -0.4 is 11.1 Å². The molecule has 0 atom stereocenters. The highest BCUT2D eigenvalue weighted by Gasteiger charge is 2.30. The van der Waals surface area contributed by atoms with Gasteiger partial charge in [-0.05, 0) is 31.2 Å². The number of benzene rings is 1. The third kappa shape index (κ3) is 3.26. The first kappa shape index (κ1) is 15.7. The first-order valence-corrected chi connectivity index (χ1v) is 6.67. The fourth-order valence-electron chi connectivity index (χ4n) is 1.95. The highest BCUT2D eigenvalue weighted by Crippen LogP contribution is 2.31. The number of nitrogens with one attached hydrogen (secondary N) is 2. The molecule has 2 heterocycles. The molecule has 2 N–H and O–H groups in total. The number of aryl methyl sites for hydroxylation is 1. The third-order valence-corrected chi connectivity index (χ3v) is 3.03. The Bertz CT molecular complexity index is 915. The Kier molecular flexibility index (Phi) is 3.80. The maximum atomic E-state index is 12.6. The summed E-state index contributed by atoms with van der Waals surface area (Å²) in [7, 11) is 0. The molecular weight excluding hydrogens is 327 g/mol.